The van der Waals surface area contributed by atoms with Crippen molar-refractivity contribution in [2.75, 3.05) is 5.75 Å². The second-order valence-electron chi connectivity index (χ2n) is 4.29. The molecule has 0 atom stereocenters. The van der Waals surface area contributed by atoms with E-state index in [1.165, 1.54) is 35.9 Å². The van der Waals surface area contributed by atoms with Crippen LogP contribution >= 0.6 is 23.1 Å². The van der Waals surface area contributed by atoms with Gasteiger partial charge in [-0.2, -0.15) is 0 Å². The SMILES string of the molecule is O=C(CSc1csc(C(=O)O)c1)NC1CCCC1. The predicted molar refractivity (Wildman–Crippen MR) is 72.4 cm³/mol. The van der Waals surface area contributed by atoms with E-state index < -0.39 is 5.97 Å². The third-order valence-electron chi connectivity index (χ3n) is 2.88. The smallest absolute Gasteiger partial charge is 0.345 e. The van der Waals surface area contributed by atoms with Gasteiger partial charge in [0.15, 0.2) is 0 Å². The first-order chi connectivity index (χ1) is 8.65. The number of hydrogen-bond donors (Lipinski definition) is 2. The minimum atomic E-state index is -0.915. The number of amides is 1. The van der Waals surface area contributed by atoms with Gasteiger partial charge in [0, 0.05) is 16.3 Å². The van der Waals surface area contributed by atoms with Crippen molar-refractivity contribution < 1.29 is 14.7 Å². The van der Waals surface area contributed by atoms with Crippen molar-refractivity contribution in [3.63, 3.8) is 0 Å². The van der Waals surface area contributed by atoms with Gasteiger partial charge in [-0.05, 0) is 18.9 Å². The maximum absolute atomic E-state index is 11.7. The normalized spacial score (nSPS) is 15.8. The lowest BCUT2D eigenvalue weighted by atomic mass is 10.2. The first-order valence-corrected chi connectivity index (χ1v) is 7.75. The van der Waals surface area contributed by atoms with Crippen molar-refractivity contribution in [2.45, 2.75) is 36.6 Å². The number of carbonyl (C=O) groups is 2. The number of carbonyl (C=O) groups excluding carboxylic acids is 1. The van der Waals surface area contributed by atoms with E-state index in [2.05, 4.69) is 5.32 Å². The van der Waals surface area contributed by atoms with Crippen LogP contribution in [0.4, 0.5) is 0 Å². The Morgan fingerprint density at radius 1 is 1.44 bits per heavy atom. The van der Waals surface area contributed by atoms with Crippen molar-refractivity contribution in [3.8, 4) is 0 Å². The highest BCUT2D eigenvalue weighted by molar-refractivity contribution is 8.00. The van der Waals surface area contributed by atoms with Crippen LogP contribution in [0.3, 0.4) is 0 Å². The van der Waals surface area contributed by atoms with Crippen LogP contribution in [0.15, 0.2) is 16.3 Å². The summed E-state index contributed by atoms with van der Waals surface area (Å²) in [4.78, 5) is 23.5. The summed E-state index contributed by atoms with van der Waals surface area (Å²) in [5.74, 6) is -0.524. The highest BCUT2D eigenvalue weighted by atomic mass is 32.2. The molecule has 0 bridgehead atoms. The summed E-state index contributed by atoms with van der Waals surface area (Å²) >= 11 is 2.58. The molecule has 0 radical (unpaired) electrons. The Bertz CT molecular complexity index is 438. The zero-order valence-corrected chi connectivity index (χ0v) is 11.5. The van der Waals surface area contributed by atoms with Gasteiger partial charge in [-0.25, -0.2) is 4.79 Å². The standard InChI is InChI=1S/C12H15NO3S2/c14-11(13-8-3-1-2-4-8)7-17-9-5-10(12(15)16)18-6-9/h5-6,8H,1-4,7H2,(H,13,14)(H,15,16). The highest BCUT2D eigenvalue weighted by Crippen LogP contribution is 2.25. The van der Waals surface area contributed by atoms with Gasteiger partial charge < -0.3 is 10.4 Å². The minimum Gasteiger partial charge on any atom is -0.477 e. The average molecular weight is 285 g/mol. The van der Waals surface area contributed by atoms with E-state index in [-0.39, 0.29) is 5.91 Å². The highest BCUT2D eigenvalue weighted by Gasteiger charge is 2.17. The van der Waals surface area contributed by atoms with Crippen LogP contribution < -0.4 is 5.32 Å². The lowest BCUT2D eigenvalue weighted by Crippen LogP contribution is -2.33. The van der Waals surface area contributed by atoms with Gasteiger partial charge in [0.2, 0.25) is 5.91 Å². The molecule has 1 amide bonds. The van der Waals surface area contributed by atoms with E-state index >= 15 is 0 Å². The summed E-state index contributed by atoms with van der Waals surface area (Å²) < 4.78 is 0. The Hall–Kier alpha value is -1.01. The summed E-state index contributed by atoms with van der Waals surface area (Å²) in [6.07, 6.45) is 4.56. The lowest BCUT2D eigenvalue weighted by Gasteiger charge is -2.10. The summed E-state index contributed by atoms with van der Waals surface area (Å²) in [6.45, 7) is 0. The number of aromatic carboxylic acids is 1. The first kappa shape index (κ1) is 13.4. The van der Waals surface area contributed by atoms with E-state index in [0.29, 0.717) is 16.7 Å². The molecule has 0 spiro atoms. The molecule has 98 valence electrons. The molecular weight excluding hydrogens is 270 g/mol. The van der Waals surface area contributed by atoms with Crippen LogP contribution in [0.5, 0.6) is 0 Å². The molecule has 18 heavy (non-hydrogen) atoms. The molecule has 1 aliphatic rings. The molecule has 6 heteroatoms. The summed E-state index contributed by atoms with van der Waals surface area (Å²) in [5.41, 5.74) is 0. The summed E-state index contributed by atoms with van der Waals surface area (Å²) in [5, 5.41) is 13.6. The van der Waals surface area contributed by atoms with E-state index in [0.717, 1.165) is 17.7 Å². The third kappa shape index (κ3) is 3.74. The molecule has 0 saturated heterocycles. The molecule has 1 saturated carbocycles. The molecule has 4 nitrogen and oxygen atoms in total. The Morgan fingerprint density at radius 3 is 2.78 bits per heavy atom. The number of carboxylic acid groups (broad SMARTS) is 1. The van der Waals surface area contributed by atoms with E-state index in [1.807, 2.05) is 0 Å². The minimum absolute atomic E-state index is 0.0370. The number of thioether (sulfide) groups is 1. The number of hydrogen-bond acceptors (Lipinski definition) is 4. The van der Waals surface area contributed by atoms with Crippen LogP contribution in [0, 0.1) is 0 Å². The van der Waals surface area contributed by atoms with Crippen molar-refractivity contribution in [1.82, 2.24) is 5.32 Å². The molecule has 1 aromatic heterocycles. The predicted octanol–water partition coefficient (Wildman–Crippen LogP) is 2.60. The molecule has 1 fully saturated rings. The number of rotatable bonds is 5. The molecule has 0 aromatic carbocycles. The molecule has 0 aliphatic heterocycles. The second-order valence-corrected chi connectivity index (χ2v) is 6.25. The molecule has 1 heterocycles. The second kappa shape index (κ2) is 6.24. The number of nitrogens with one attached hydrogen (secondary N) is 1. The zero-order chi connectivity index (χ0) is 13.0. The van der Waals surface area contributed by atoms with E-state index in [9.17, 15) is 9.59 Å². The molecule has 1 aliphatic carbocycles. The van der Waals surface area contributed by atoms with Gasteiger partial charge in [-0.1, -0.05) is 12.8 Å². The zero-order valence-electron chi connectivity index (χ0n) is 9.85. The Kier molecular flexibility index (Phi) is 4.66. The Morgan fingerprint density at radius 2 is 2.17 bits per heavy atom. The summed E-state index contributed by atoms with van der Waals surface area (Å²) in [7, 11) is 0. The van der Waals surface area contributed by atoms with Gasteiger partial charge >= 0.3 is 5.97 Å². The maximum Gasteiger partial charge on any atom is 0.345 e. The molecule has 2 N–H and O–H groups in total. The lowest BCUT2D eigenvalue weighted by molar-refractivity contribution is -0.119. The Labute approximate surface area is 114 Å². The van der Waals surface area contributed by atoms with E-state index in [1.54, 1.807) is 11.4 Å². The Balaban J connectivity index is 1.76. The largest absolute Gasteiger partial charge is 0.477 e. The van der Waals surface area contributed by atoms with Crippen molar-refractivity contribution in [1.29, 1.82) is 0 Å². The van der Waals surface area contributed by atoms with Crippen molar-refractivity contribution in [2.24, 2.45) is 0 Å². The van der Waals surface area contributed by atoms with Crippen LogP contribution in [-0.2, 0) is 4.79 Å². The van der Waals surface area contributed by atoms with Crippen molar-refractivity contribution in [3.05, 3.63) is 16.3 Å². The van der Waals surface area contributed by atoms with Crippen LogP contribution in [0.1, 0.15) is 35.4 Å². The fraction of sp³-hybridized carbons (Fsp3) is 0.500. The molecular formula is C12H15NO3S2. The fourth-order valence-corrected chi connectivity index (χ4v) is 3.68. The fourth-order valence-electron chi connectivity index (χ4n) is 2.00. The van der Waals surface area contributed by atoms with Crippen LogP contribution in [-0.4, -0.2) is 28.8 Å². The maximum atomic E-state index is 11.7. The van der Waals surface area contributed by atoms with Crippen LogP contribution in [0.2, 0.25) is 0 Å². The molecule has 0 unspecified atom stereocenters. The molecule has 1 aromatic rings. The van der Waals surface area contributed by atoms with Gasteiger partial charge in [-0.15, -0.1) is 23.1 Å². The van der Waals surface area contributed by atoms with Gasteiger partial charge in [-0.3, -0.25) is 4.79 Å². The quantitative estimate of drug-likeness (QED) is 0.816. The van der Waals surface area contributed by atoms with Crippen LogP contribution in [0.25, 0.3) is 0 Å². The number of thiophene rings is 1. The third-order valence-corrected chi connectivity index (χ3v) is 4.92. The molecule has 2 rings (SSSR count). The van der Waals surface area contributed by atoms with Gasteiger partial charge in [0.05, 0.1) is 5.75 Å². The van der Waals surface area contributed by atoms with E-state index in [4.69, 9.17) is 5.11 Å². The number of carboxylic acids is 1. The van der Waals surface area contributed by atoms with Gasteiger partial charge in [0.1, 0.15) is 4.88 Å². The average Bonchev–Trinajstić information content (AvgIpc) is 2.96. The van der Waals surface area contributed by atoms with Crippen molar-refractivity contribution >= 4 is 35.0 Å². The first-order valence-electron chi connectivity index (χ1n) is 5.89. The van der Waals surface area contributed by atoms with Gasteiger partial charge in [0.25, 0.3) is 0 Å². The summed E-state index contributed by atoms with van der Waals surface area (Å²) in [6, 6.07) is 1.95. The monoisotopic (exact) mass is 285 g/mol. The topological polar surface area (TPSA) is 66.4 Å².